The monoisotopic (exact) mass is 390 g/mol. The van der Waals surface area contributed by atoms with Crippen LogP contribution >= 0.6 is 0 Å². The first kappa shape index (κ1) is 22.2. The number of benzene rings is 1. The highest BCUT2D eigenvalue weighted by Gasteiger charge is 2.22. The second-order valence-electron chi connectivity index (χ2n) is 7.61. The molecule has 6 heteroatoms. The molecule has 1 aromatic rings. The quantitative estimate of drug-likeness (QED) is 0.575. The lowest BCUT2D eigenvalue weighted by molar-refractivity contribution is -0.140. The number of amides is 1. The third-order valence-electron chi connectivity index (χ3n) is 5.44. The number of hydrogen-bond acceptors (Lipinski definition) is 5. The molecule has 0 unspecified atom stereocenters. The lowest BCUT2D eigenvalue weighted by Crippen LogP contribution is -2.42. The summed E-state index contributed by atoms with van der Waals surface area (Å²) in [5.41, 5.74) is 1.32. The fourth-order valence-electron chi connectivity index (χ4n) is 3.75. The lowest BCUT2D eigenvalue weighted by atomic mass is 9.97. The number of rotatable bonds is 10. The Morgan fingerprint density at radius 1 is 1.18 bits per heavy atom. The molecule has 1 heterocycles. The van der Waals surface area contributed by atoms with E-state index in [2.05, 4.69) is 21.8 Å². The molecule has 1 aromatic carbocycles. The van der Waals surface area contributed by atoms with Crippen LogP contribution in [-0.2, 0) is 20.7 Å². The summed E-state index contributed by atoms with van der Waals surface area (Å²) in [6.45, 7) is 4.00. The second kappa shape index (κ2) is 11.7. The summed E-state index contributed by atoms with van der Waals surface area (Å²) in [5.74, 6) is 1.26. The van der Waals surface area contributed by atoms with Gasteiger partial charge in [0.1, 0.15) is 5.75 Å². The van der Waals surface area contributed by atoms with Gasteiger partial charge in [-0.1, -0.05) is 12.1 Å². The van der Waals surface area contributed by atoms with Crippen LogP contribution in [0.15, 0.2) is 24.3 Å². The highest BCUT2D eigenvalue weighted by molar-refractivity contribution is 5.77. The van der Waals surface area contributed by atoms with Gasteiger partial charge in [0.15, 0.2) is 0 Å². The minimum absolute atomic E-state index is 0.110. The lowest BCUT2D eigenvalue weighted by Gasteiger charge is -2.34. The summed E-state index contributed by atoms with van der Waals surface area (Å²) in [6, 6.07) is 8.27. The van der Waals surface area contributed by atoms with E-state index in [9.17, 15) is 9.59 Å². The number of ether oxygens (including phenoxy) is 2. The topological polar surface area (TPSA) is 59.1 Å². The molecule has 0 saturated carbocycles. The number of esters is 1. The number of nitrogens with zero attached hydrogens (tertiary/aromatic N) is 2. The van der Waals surface area contributed by atoms with E-state index in [4.69, 9.17) is 4.74 Å². The molecule has 28 heavy (non-hydrogen) atoms. The molecule has 0 bridgehead atoms. The molecule has 6 nitrogen and oxygen atoms in total. The fraction of sp³-hybridized carbons (Fsp3) is 0.636. The zero-order valence-corrected chi connectivity index (χ0v) is 17.5. The third-order valence-corrected chi connectivity index (χ3v) is 5.44. The Morgan fingerprint density at radius 3 is 2.61 bits per heavy atom. The summed E-state index contributed by atoms with van der Waals surface area (Å²) < 4.78 is 9.83. The molecule has 1 fully saturated rings. The van der Waals surface area contributed by atoms with Crippen molar-refractivity contribution in [2.75, 3.05) is 47.4 Å². The van der Waals surface area contributed by atoms with Crippen LogP contribution in [-0.4, -0.2) is 69.1 Å². The van der Waals surface area contributed by atoms with Gasteiger partial charge >= 0.3 is 5.97 Å². The zero-order valence-electron chi connectivity index (χ0n) is 17.5. The van der Waals surface area contributed by atoms with Crippen LogP contribution in [0, 0.1) is 5.92 Å². The molecule has 1 saturated heterocycles. The van der Waals surface area contributed by atoms with Gasteiger partial charge in [-0.3, -0.25) is 9.59 Å². The van der Waals surface area contributed by atoms with Crippen molar-refractivity contribution in [3.8, 4) is 5.75 Å². The van der Waals surface area contributed by atoms with Gasteiger partial charge in [-0.25, -0.2) is 0 Å². The van der Waals surface area contributed by atoms with Crippen LogP contribution in [0.25, 0.3) is 0 Å². The molecule has 156 valence electrons. The van der Waals surface area contributed by atoms with E-state index >= 15 is 0 Å². The first-order chi connectivity index (χ1) is 13.5. The molecule has 0 radical (unpaired) electrons. The zero-order chi connectivity index (χ0) is 20.4. The van der Waals surface area contributed by atoms with Crippen molar-refractivity contribution in [2.24, 2.45) is 5.92 Å². The van der Waals surface area contributed by atoms with Crippen molar-refractivity contribution < 1.29 is 19.1 Å². The first-order valence-corrected chi connectivity index (χ1v) is 10.2. The van der Waals surface area contributed by atoms with Gasteiger partial charge in [0, 0.05) is 39.5 Å². The minimum Gasteiger partial charge on any atom is -0.497 e. The van der Waals surface area contributed by atoms with Gasteiger partial charge in [0.25, 0.3) is 0 Å². The van der Waals surface area contributed by atoms with Gasteiger partial charge in [-0.2, -0.15) is 0 Å². The molecule has 0 N–H and O–H groups in total. The summed E-state index contributed by atoms with van der Waals surface area (Å²) in [5, 5.41) is 0. The Hall–Kier alpha value is -2.08. The molecule has 0 spiro atoms. The van der Waals surface area contributed by atoms with E-state index in [1.807, 2.05) is 24.1 Å². The van der Waals surface area contributed by atoms with Gasteiger partial charge < -0.3 is 19.3 Å². The SMILES string of the molecule is COC(=O)CCCC(=O)N(C)C[C@H]1CCCN(CCc2ccc(OC)cc2)C1. The van der Waals surface area contributed by atoms with Crippen molar-refractivity contribution in [3.05, 3.63) is 29.8 Å². The summed E-state index contributed by atoms with van der Waals surface area (Å²) >= 11 is 0. The van der Waals surface area contributed by atoms with E-state index in [1.165, 1.54) is 25.5 Å². The molecule has 1 aliphatic rings. The van der Waals surface area contributed by atoms with Crippen molar-refractivity contribution in [1.29, 1.82) is 0 Å². The van der Waals surface area contributed by atoms with E-state index in [-0.39, 0.29) is 11.9 Å². The Labute approximate surface area is 168 Å². The maximum atomic E-state index is 12.3. The van der Waals surface area contributed by atoms with Crippen molar-refractivity contribution >= 4 is 11.9 Å². The van der Waals surface area contributed by atoms with Gasteiger partial charge in [-0.05, 0) is 55.8 Å². The molecule has 0 aromatic heterocycles. The van der Waals surface area contributed by atoms with Crippen LogP contribution in [0.1, 0.15) is 37.7 Å². The Bertz CT molecular complexity index is 617. The summed E-state index contributed by atoms with van der Waals surface area (Å²) in [6.07, 6.45) is 4.63. The van der Waals surface area contributed by atoms with Crippen molar-refractivity contribution in [3.63, 3.8) is 0 Å². The smallest absolute Gasteiger partial charge is 0.305 e. The first-order valence-electron chi connectivity index (χ1n) is 10.2. The number of methoxy groups -OCH3 is 2. The molecule has 1 amide bonds. The normalized spacial score (nSPS) is 17.2. The predicted molar refractivity (Wildman–Crippen MR) is 109 cm³/mol. The Kier molecular flexibility index (Phi) is 9.28. The standard InChI is InChI=1S/C22H34N2O4/c1-23(21(25)7-4-8-22(26)28-3)16-19-6-5-14-24(17-19)15-13-18-9-11-20(27-2)12-10-18/h9-12,19H,4-8,13-17H2,1-3H3/t19-/m1/s1. The van der Waals surface area contributed by atoms with Crippen LogP contribution in [0.4, 0.5) is 0 Å². The number of piperidine rings is 1. The maximum Gasteiger partial charge on any atom is 0.305 e. The summed E-state index contributed by atoms with van der Waals surface area (Å²) in [7, 11) is 4.93. The summed E-state index contributed by atoms with van der Waals surface area (Å²) in [4.78, 5) is 27.8. The molecule has 0 aliphatic carbocycles. The molecule has 1 atom stereocenters. The average Bonchev–Trinajstić information content (AvgIpc) is 2.72. The average molecular weight is 391 g/mol. The highest BCUT2D eigenvalue weighted by Crippen LogP contribution is 2.19. The number of carbonyl (C=O) groups is 2. The molecule has 2 rings (SSSR count). The van der Waals surface area contributed by atoms with E-state index in [0.29, 0.717) is 25.2 Å². The van der Waals surface area contributed by atoms with Crippen LogP contribution in [0.3, 0.4) is 0 Å². The van der Waals surface area contributed by atoms with E-state index < -0.39 is 0 Å². The largest absolute Gasteiger partial charge is 0.497 e. The highest BCUT2D eigenvalue weighted by atomic mass is 16.5. The van der Waals surface area contributed by atoms with Gasteiger partial charge in [-0.15, -0.1) is 0 Å². The molecule has 1 aliphatic heterocycles. The molecular formula is C22H34N2O4. The third kappa shape index (κ3) is 7.50. The predicted octanol–water partition coefficient (Wildman–Crippen LogP) is 2.75. The number of carbonyl (C=O) groups excluding carboxylic acids is 2. The van der Waals surface area contributed by atoms with E-state index in [0.717, 1.165) is 38.3 Å². The minimum atomic E-state index is -0.254. The maximum absolute atomic E-state index is 12.3. The number of hydrogen-bond donors (Lipinski definition) is 0. The van der Waals surface area contributed by atoms with Crippen LogP contribution < -0.4 is 4.74 Å². The van der Waals surface area contributed by atoms with E-state index in [1.54, 1.807) is 7.11 Å². The van der Waals surface area contributed by atoms with Crippen molar-refractivity contribution in [1.82, 2.24) is 9.80 Å². The Balaban J connectivity index is 1.71. The van der Waals surface area contributed by atoms with Crippen molar-refractivity contribution in [2.45, 2.75) is 38.5 Å². The van der Waals surface area contributed by atoms with Gasteiger partial charge in [0.05, 0.1) is 14.2 Å². The van der Waals surface area contributed by atoms with Gasteiger partial charge in [0.2, 0.25) is 5.91 Å². The fourth-order valence-corrected chi connectivity index (χ4v) is 3.75. The number of likely N-dealkylation sites (tertiary alicyclic amines) is 1. The van der Waals surface area contributed by atoms with Crippen LogP contribution in [0.2, 0.25) is 0 Å². The Morgan fingerprint density at radius 2 is 1.93 bits per heavy atom. The van der Waals surface area contributed by atoms with Crippen LogP contribution in [0.5, 0.6) is 5.75 Å². The molecular weight excluding hydrogens is 356 g/mol. The second-order valence-corrected chi connectivity index (χ2v) is 7.61.